The molecule has 0 aromatic carbocycles. The van der Waals surface area contributed by atoms with Gasteiger partial charge in [-0.25, -0.2) is 9.37 Å². The zero-order valence-electron chi connectivity index (χ0n) is 7.50. The molecule has 76 valence electrons. The Kier molecular flexibility index (Phi) is 3.40. The average Bonchev–Trinajstić information content (AvgIpc) is 2.01. The molecule has 0 aliphatic carbocycles. The van der Waals surface area contributed by atoms with Gasteiger partial charge in [-0.2, -0.15) is 0 Å². The Morgan fingerprint density at radius 3 is 2.93 bits per heavy atom. The molecule has 0 fully saturated rings. The second-order valence-corrected chi connectivity index (χ2v) is 3.70. The highest BCUT2D eigenvalue weighted by Gasteiger charge is 2.11. The molecule has 0 aliphatic rings. The Hall–Kier alpha value is -1.17. The Labute approximate surface area is 89.0 Å². The zero-order valence-corrected chi connectivity index (χ0v) is 9.08. The Balaban J connectivity index is 2.90. The first-order valence-electron chi connectivity index (χ1n) is 3.81. The van der Waals surface area contributed by atoms with Crippen LogP contribution in [-0.2, 0) is 4.79 Å². The third-order valence-corrected chi connectivity index (χ3v) is 1.98. The highest BCUT2D eigenvalue weighted by Crippen LogP contribution is 2.18. The number of carbonyl (C=O) groups is 1. The first kappa shape index (κ1) is 10.9. The summed E-state index contributed by atoms with van der Waals surface area (Å²) in [4.78, 5) is 15.8. The quantitative estimate of drug-likeness (QED) is 0.880. The molecule has 2 N–H and O–H groups in total. The van der Waals surface area contributed by atoms with Crippen molar-refractivity contribution in [3.05, 3.63) is 22.6 Å². The minimum absolute atomic E-state index is 0.0639. The summed E-state index contributed by atoms with van der Waals surface area (Å²) in [7, 11) is 1.55. The summed E-state index contributed by atoms with van der Waals surface area (Å²) in [6, 6.07) is 1.28. The van der Waals surface area contributed by atoms with Gasteiger partial charge in [-0.05, 0) is 22.0 Å². The third-order valence-electron chi connectivity index (χ3n) is 1.54. The second kappa shape index (κ2) is 4.36. The normalized spacial score (nSPS) is 9.93. The van der Waals surface area contributed by atoms with Crippen molar-refractivity contribution in [3.8, 4) is 0 Å². The number of amides is 1. The Morgan fingerprint density at radius 2 is 2.43 bits per heavy atom. The smallest absolute Gasteiger partial charge is 0.236 e. The summed E-state index contributed by atoms with van der Waals surface area (Å²) < 4.78 is 13.8. The topological polar surface area (TPSA) is 59.2 Å². The number of primary amides is 1. The van der Waals surface area contributed by atoms with E-state index >= 15 is 0 Å². The summed E-state index contributed by atoms with van der Waals surface area (Å²) >= 11 is 3.08. The van der Waals surface area contributed by atoms with E-state index in [2.05, 4.69) is 20.9 Å². The maximum absolute atomic E-state index is 13.3. The lowest BCUT2D eigenvalue weighted by molar-refractivity contribution is -0.116. The zero-order chi connectivity index (χ0) is 10.7. The van der Waals surface area contributed by atoms with Gasteiger partial charge in [-0.15, -0.1) is 0 Å². The maximum Gasteiger partial charge on any atom is 0.236 e. The fraction of sp³-hybridized carbons (Fsp3) is 0.250. The average molecular weight is 262 g/mol. The first-order chi connectivity index (χ1) is 6.50. The van der Waals surface area contributed by atoms with Gasteiger partial charge in [0, 0.05) is 17.7 Å². The number of nitrogens with zero attached hydrogens (tertiary/aromatic N) is 2. The lowest BCUT2D eigenvalue weighted by atomic mass is 10.4. The van der Waals surface area contributed by atoms with E-state index in [0.29, 0.717) is 4.47 Å². The van der Waals surface area contributed by atoms with Crippen LogP contribution in [0.4, 0.5) is 10.2 Å². The predicted octanol–water partition coefficient (Wildman–Crippen LogP) is 0.905. The van der Waals surface area contributed by atoms with Gasteiger partial charge < -0.3 is 10.6 Å². The van der Waals surface area contributed by atoms with E-state index in [0.717, 1.165) is 0 Å². The van der Waals surface area contributed by atoms with Gasteiger partial charge in [0.05, 0.1) is 6.54 Å². The number of pyridine rings is 1. The summed E-state index contributed by atoms with van der Waals surface area (Å²) in [6.07, 6.45) is 1.45. The molecule has 1 amide bonds. The van der Waals surface area contributed by atoms with Crippen LogP contribution in [0.25, 0.3) is 0 Å². The fourth-order valence-corrected chi connectivity index (χ4v) is 1.30. The van der Waals surface area contributed by atoms with Crippen molar-refractivity contribution in [2.24, 2.45) is 5.73 Å². The summed E-state index contributed by atoms with van der Waals surface area (Å²) in [5, 5.41) is 0. The number of nitrogens with two attached hydrogens (primary N) is 1. The monoisotopic (exact) mass is 261 g/mol. The Morgan fingerprint density at radius 1 is 1.79 bits per heavy atom. The van der Waals surface area contributed by atoms with Crippen molar-refractivity contribution in [3.63, 3.8) is 0 Å². The maximum atomic E-state index is 13.3. The second-order valence-electron chi connectivity index (χ2n) is 2.78. The molecular weight excluding hydrogens is 253 g/mol. The van der Waals surface area contributed by atoms with E-state index in [1.165, 1.54) is 17.2 Å². The van der Waals surface area contributed by atoms with Crippen LogP contribution in [0, 0.1) is 5.82 Å². The van der Waals surface area contributed by atoms with Crippen molar-refractivity contribution < 1.29 is 9.18 Å². The van der Waals surface area contributed by atoms with Crippen molar-refractivity contribution in [2.45, 2.75) is 0 Å². The molecule has 4 nitrogen and oxygen atoms in total. The Bertz CT molecular complexity index is 358. The van der Waals surface area contributed by atoms with E-state index in [1.54, 1.807) is 7.05 Å². The number of hydrogen-bond donors (Lipinski definition) is 1. The minimum atomic E-state index is -0.531. The molecule has 0 saturated carbocycles. The molecule has 0 atom stereocenters. The molecule has 14 heavy (non-hydrogen) atoms. The number of halogens is 2. The van der Waals surface area contributed by atoms with Crippen molar-refractivity contribution in [1.82, 2.24) is 4.98 Å². The number of aromatic nitrogens is 1. The number of rotatable bonds is 3. The van der Waals surface area contributed by atoms with Crippen LogP contribution >= 0.6 is 15.9 Å². The molecule has 0 saturated heterocycles. The largest absolute Gasteiger partial charge is 0.368 e. The molecule has 1 rings (SSSR count). The van der Waals surface area contributed by atoms with Crippen LogP contribution < -0.4 is 10.6 Å². The van der Waals surface area contributed by atoms with Crippen LogP contribution in [0.15, 0.2) is 16.7 Å². The lowest BCUT2D eigenvalue weighted by Crippen LogP contribution is -2.31. The summed E-state index contributed by atoms with van der Waals surface area (Å²) in [5.74, 6) is -0.924. The van der Waals surface area contributed by atoms with Crippen LogP contribution in [0.2, 0.25) is 0 Å². The molecule has 1 aromatic heterocycles. The molecule has 0 bridgehead atoms. The van der Waals surface area contributed by atoms with Crippen molar-refractivity contribution in [2.75, 3.05) is 18.5 Å². The lowest BCUT2D eigenvalue weighted by Gasteiger charge is -2.16. The van der Waals surface area contributed by atoms with E-state index in [4.69, 9.17) is 5.73 Å². The van der Waals surface area contributed by atoms with Crippen LogP contribution in [-0.4, -0.2) is 24.5 Å². The molecule has 0 spiro atoms. The third kappa shape index (κ3) is 2.66. The van der Waals surface area contributed by atoms with Gasteiger partial charge >= 0.3 is 0 Å². The van der Waals surface area contributed by atoms with E-state index in [1.807, 2.05) is 0 Å². The number of hydrogen-bond acceptors (Lipinski definition) is 3. The highest BCUT2D eigenvalue weighted by molar-refractivity contribution is 9.10. The van der Waals surface area contributed by atoms with E-state index < -0.39 is 11.7 Å². The van der Waals surface area contributed by atoms with Gasteiger partial charge in [-0.3, -0.25) is 4.79 Å². The standard InChI is InChI=1S/C8H9BrFN3O/c1-13(4-7(11)14)8-6(10)2-5(9)3-12-8/h2-3H,4H2,1H3,(H2,11,14). The van der Waals surface area contributed by atoms with E-state index in [9.17, 15) is 9.18 Å². The summed E-state index contributed by atoms with van der Waals surface area (Å²) in [6.45, 7) is -0.0639. The molecule has 0 radical (unpaired) electrons. The summed E-state index contributed by atoms with van der Waals surface area (Å²) in [5.41, 5.74) is 4.97. The van der Waals surface area contributed by atoms with Gasteiger partial charge in [0.25, 0.3) is 0 Å². The molecule has 6 heteroatoms. The van der Waals surface area contributed by atoms with Gasteiger partial charge in [-0.1, -0.05) is 0 Å². The molecule has 0 unspecified atom stereocenters. The number of carbonyl (C=O) groups excluding carboxylic acids is 1. The first-order valence-corrected chi connectivity index (χ1v) is 4.60. The fourth-order valence-electron chi connectivity index (χ4n) is 0.997. The predicted molar refractivity (Wildman–Crippen MR) is 54.4 cm³/mol. The minimum Gasteiger partial charge on any atom is -0.368 e. The van der Waals surface area contributed by atoms with Gasteiger partial charge in [0.1, 0.15) is 0 Å². The number of anilines is 1. The molecule has 1 heterocycles. The van der Waals surface area contributed by atoms with Crippen molar-refractivity contribution in [1.29, 1.82) is 0 Å². The number of likely N-dealkylation sites (N-methyl/N-ethyl adjacent to an activating group) is 1. The van der Waals surface area contributed by atoms with Crippen molar-refractivity contribution >= 4 is 27.7 Å². The molecule has 0 aliphatic heterocycles. The van der Waals surface area contributed by atoms with Crippen LogP contribution in [0.1, 0.15) is 0 Å². The van der Waals surface area contributed by atoms with E-state index in [-0.39, 0.29) is 12.4 Å². The SMILES string of the molecule is CN(CC(N)=O)c1ncc(Br)cc1F. The van der Waals surface area contributed by atoms with Gasteiger partial charge in [0.15, 0.2) is 11.6 Å². The molecule has 1 aromatic rings. The molecular formula is C8H9BrFN3O. The van der Waals surface area contributed by atoms with Crippen LogP contribution in [0.5, 0.6) is 0 Å². The highest BCUT2D eigenvalue weighted by atomic mass is 79.9. The van der Waals surface area contributed by atoms with Crippen LogP contribution in [0.3, 0.4) is 0 Å². The van der Waals surface area contributed by atoms with Gasteiger partial charge in [0.2, 0.25) is 5.91 Å².